The lowest BCUT2D eigenvalue weighted by Gasteiger charge is -2.30. The van der Waals surface area contributed by atoms with Crippen molar-refractivity contribution in [3.8, 4) is 0 Å². The molecule has 2 rings (SSSR count). The molecule has 1 aliphatic heterocycles. The van der Waals surface area contributed by atoms with Gasteiger partial charge in [0.25, 0.3) is 0 Å². The van der Waals surface area contributed by atoms with Crippen molar-refractivity contribution in [2.24, 2.45) is 0 Å². The number of aliphatic hydroxyl groups is 1. The van der Waals surface area contributed by atoms with E-state index in [1.54, 1.807) is 36.2 Å². The maximum atomic E-state index is 13.9. The van der Waals surface area contributed by atoms with Gasteiger partial charge in [-0.1, -0.05) is 0 Å². The molecule has 0 aliphatic carbocycles. The number of hydrogen-bond donors (Lipinski definition) is 1. The van der Waals surface area contributed by atoms with Crippen molar-refractivity contribution in [3.05, 3.63) is 12.3 Å². The fourth-order valence-electron chi connectivity index (χ4n) is 2.86. The first kappa shape index (κ1) is 19.6. The van der Waals surface area contributed by atoms with Crippen molar-refractivity contribution in [2.45, 2.75) is 30.9 Å². The van der Waals surface area contributed by atoms with Crippen LogP contribution in [0.4, 0.5) is 29.3 Å². The number of likely N-dealkylation sites (N-methyl/N-ethyl adjacent to an activating group) is 1. The third-order valence-corrected chi connectivity index (χ3v) is 4.07. The summed E-state index contributed by atoms with van der Waals surface area (Å²) >= 11 is 0. The van der Waals surface area contributed by atoms with E-state index in [0.717, 1.165) is 0 Å². The predicted octanol–water partition coefficient (Wildman–Crippen LogP) is 1.31. The molecule has 1 saturated heterocycles. The molecule has 10 heteroatoms. The van der Waals surface area contributed by atoms with Gasteiger partial charge in [0.05, 0.1) is 6.54 Å². The number of aromatic nitrogens is 2. The van der Waals surface area contributed by atoms with Crippen LogP contribution in [0.3, 0.4) is 0 Å². The third-order valence-electron chi connectivity index (χ3n) is 4.07. The van der Waals surface area contributed by atoms with E-state index in [9.17, 15) is 22.7 Å². The third kappa shape index (κ3) is 5.15. The smallest absolute Gasteiger partial charge is 0.382 e. The van der Waals surface area contributed by atoms with Crippen LogP contribution in [0.2, 0.25) is 0 Å². The highest BCUT2D eigenvalue weighted by Crippen LogP contribution is 2.27. The molecule has 1 N–H and O–H groups in total. The van der Waals surface area contributed by atoms with E-state index in [1.165, 1.54) is 11.9 Å². The van der Waals surface area contributed by atoms with Crippen LogP contribution in [0.5, 0.6) is 0 Å². The quantitative estimate of drug-likeness (QED) is 0.768. The van der Waals surface area contributed by atoms with Crippen molar-refractivity contribution < 1.29 is 22.7 Å². The topological polar surface area (TPSA) is 55.7 Å². The molecule has 2 heterocycles. The Hall–Kier alpha value is -1.68. The van der Waals surface area contributed by atoms with Crippen molar-refractivity contribution >= 4 is 11.8 Å². The molecule has 0 saturated carbocycles. The Morgan fingerprint density at radius 1 is 1.36 bits per heavy atom. The molecule has 0 radical (unpaired) electrons. The minimum Gasteiger partial charge on any atom is -0.382 e. The predicted molar refractivity (Wildman–Crippen MR) is 86.6 cm³/mol. The van der Waals surface area contributed by atoms with E-state index >= 15 is 0 Å². The Labute approximate surface area is 144 Å². The normalized spacial score (nSPS) is 22.5. The number of halogens is 4. The summed E-state index contributed by atoms with van der Waals surface area (Å²) in [4.78, 5) is 13.3. The van der Waals surface area contributed by atoms with Crippen LogP contribution in [0.25, 0.3) is 0 Å². The first-order chi connectivity index (χ1) is 11.6. The number of anilines is 2. The molecule has 142 valence electrons. The van der Waals surface area contributed by atoms with Crippen molar-refractivity contribution in [1.82, 2.24) is 14.9 Å². The van der Waals surface area contributed by atoms with E-state index in [1.807, 2.05) is 0 Å². The van der Waals surface area contributed by atoms with Gasteiger partial charge < -0.3 is 19.8 Å². The minimum absolute atomic E-state index is 0.129. The molecule has 0 amide bonds. The Kier molecular flexibility index (Phi) is 6.04. The largest absolute Gasteiger partial charge is 0.415 e. The number of aliphatic hydroxyl groups excluding tert-OH is 1. The first-order valence-electron chi connectivity index (χ1n) is 7.92. The summed E-state index contributed by atoms with van der Waals surface area (Å²) in [5, 5.41) is 9.18. The van der Waals surface area contributed by atoms with Crippen LogP contribution in [-0.2, 0) is 0 Å². The molecule has 0 unspecified atom stereocenters. The second kappa shape index (κ2) is 7.69. The highest BCUT2D eigenvalue weighted by atomic mass is 19.4. The summed E-state index contributed by atoms with van der Waals surface area (Å²) in [6, 6.07) is 1.33. The van der Waals surface area contributed by atoms with Crippen molar-refractivity contribution in [3.63, 3.8) is 0 Å². The molecule has 1 fully saturated rings. The lowest BCUT2D eigenvalue weighted by Crippen LogP contribution is -2.45. The van der Waals surface area contributed by atoms with Gasteiger partial charge in [0, 0.05) is 45.8 Å². The van der Waals surface area contributed by atoms with Gasteiger partial charge >= 0.3 is 6.18 Å². The Bertz CT molecular complexity index is 571. The highest BCUT2D eigenvalue weighted by Gasteiger charge is 2.40. The van der Waals surface area contributed by atoms with Gasteiger partial charge in [0.2, 0.25) is 5.95 Å². The molecule has 6 nitrogen and oxygen atoms in total. The maximum Gasteiger partial charge on any atom is 0.415 e. The fourth-order valence-corrected chi connectivity index (χ4v) is 2.86. The van der Waals surface area contributed by atoms with Crippen LogP contribution in [-0.4, -0.2) is 85.2 Å². The van der Waals surface area contributed by atoms with Crippen LogP contribution >= 0.6 is 0 Å². The second-order valence-corrected chi connectivity index (χ2v) is 6.53. The summed E-state index contributed by atoms with van der Waals surface area (Å²) in [6.07, 6.45) is -6.40. The summed E-state index contributed by atoms with van der Waals surface area (Å²) in [5.74, 6) is 1.01. The second-order valence-electron chi connectivity index (χ2n) is 6.53. The van der Waals surface area contributed by atoms with E-state index in [4.69, 9.17) is 0 Å². The lowest BCUT2D eigenvalue weighted by molar-refractivity contribution is -0.207. The lowest BCUT2D eigenvalue weighted by atomic mass is 10.2. The van der Waals surface area contributed by atoms with E-state index in [2.05, 4.69) is 9.97 Å². The van der Waals surface area contributed by atoms with Crippen LogP contribution in [0, 0.1) is 0 Å². The molecule has 1 aliphatic rings. The summed E-state index contributed by atoms with van der Waals surface area (Å²) in [7, 11) is 5.04. The molecule has 0 spiro atoms. The summed E-state index contributed by atoms with van der Waals surface area (Å²) in [5.41, 5.74) is 0. The minimum atomic E-state index is -4.67. The number of hydrogen-bond acceptors (Lipinski definition) is 6. The van der Waals surface area contributed by atoms with Gasteiger partial charge in [-0.25, -0.2) is 9.37 Å². The maximum absolute atomic E-state index is 13.9. The molecule has 3 atom stereocenters. The number of alkyl halides is 4. The molecular formula is C15H23F4N5O. The molecule has 1 aromatic heterocycles. The van der Waals surface area contributed by atoms with Crippen molar-refractivity contribution in [2.75, 3.05) is 50.6 Å². The fraction of sp³-hybridized carbons (Fsp3) is 0.733. The highest BCUT2D eigenvalue weighted by molar-refractivity contribution is 5.45. The van der Waals surface area contributed by atoms with Crippen LogP contribution < -0.4 is 9.80 Å². The standard InChI is InChI=1S/C15H23F4N5O/c1-22(2)14-20-5-4-13(21-14)24-7-10(16)6-11(24)8-23(3)9-12(25)15(17,18)19/h4-5,10-12,25H,6-9H2,1-3H3/t10-,11-,12+/m0/s1. The van der Waals surface area contributed by atoms with Gasteiger partial charge in [0.1, 0.15) is 12.0 Å². The van der Waals surface area contributed by atoms with Gasteiger partial charge in [-0.2, -0.15) is 18.2 Å². The van der Waals surface area contributed by atoms with E-state index in [-0.39, 0.29) is 25.6 Å². The van der Waals surface area contributed by atoms with Gasteiger partial charge in [0.15, 0.2) is 6.10 Å². The molecule has 1 aromatic rings. The Balaban J connectivity index is 2.07. The van der Waals surface area contributed by atoms with E-state index in [0.29, 0.717) is 11.8 Å². The van der Waals surface area contributed by atoms with Gasteiger partial charge in [-0.05, 0) is 13.1 Å². The molecule has 25 heavy (non-hydrogen) atoms. The first-order valence-corrected chi connectivity index (χ1v) is 7.92. The van der Waals surface area contributed by atoms with Crippen LogP contribution in [0.15, 0.2) is 12.3 Å². The Morgan fingerprint density at radius 2 is 2.04 bits per heavy atom. The summed E-state index contributed by atoms with van der Waals surface area (Å²) in [6.45, 7) is -0.239. The summed E-state index contributed by atoms with van der Waals surface area (Å²) < 4.78 is 51.4. The molecule has 0 bridgehead atoms. The average molecular weight is 365 g/mol. The van der Waals surface area contributed by atoms with Crippen LogP contribution in [0.1, 0.15) is 6.42 Å². The zero-order valence-electron chi connectivity index (χ0n) is 14.4. The van der Waals surface area contributed by atoms with Gasteiger partial charge in [-0.3, -0.25) is 0 Å². The SMILES string of the molecule is CN(C[C@@H]1C[C@H](F)CN1c1ccnc(N(C)C)n1)C[C@@H](O)C(F)(F)F. The van der Waals surface area contributed by atoms with Gasteiger partial charge in [-0.15, -0.1) is 0 Å². The zero-order chi connectivity index (χ0) is 18.8. The molecular weight excluding hydrogens is 342 g/mol. The van der Waals surface area contributed by atoms with Crippen molar-refractivity contribution in [1.29, 1.82) is 0 Å². The average Bonchev–Trinajstić information content (AvgIpc) is 2.86. The van der Waals surface area contributed by atoms with E-state index < -0.39 is 25.0 Å². The number of rotatable bonds is 6. The number of nitrogens with zero attached hydrogens (tertiary/aromatic N) is 5. The molecule has 0 aromatic carbocycles. The Morgan fingerprint density at radius 3 is 2.64 bits per heavy atom. The monoisotopic (exact) mass is 365 g/mol. The zero-order valence-corrected chi connectivity index (χ0v) is 14.4.